The van der Waals surface area contributed by atoms with Crippen molar-refractivity contribution in [1.29, 1.82) is 0 Å². The molecular weight excluding hydrogens is 222 g/mol. The van der Waals surface area contributed by atoms with Crippen molar-refractivity contribution in [2.75, 3.05) is 6.61 Å². The Balaban J connectivity index is 1.90. The number of aliphatic hydroxyl groups excluding tert-OH is 1. The fourth-order valence-corrected chi connectivity index (χ4v) is 3.26. The van der Waals surface area contributed by atoms with Gasteiger partial charge in [-0.1, -0.05) is 25.0 Å². The smallest absolute Gasteiger partial charge is 0.0483 e. The van der Waals surface area contributed by atoms with Crippen LogP contribution in [0.1, 0.15) is 31.2 Å². The molecule has 0 atom stereocenters. The summed E-state index contributed by atoms with van der Waals surface area (Å²) in [6.07, 6.45) is 8.54. The van der Waals surface area contributed by atoms with Gasteiger partial charge in [0.25, 0.3) is 0 Å². The lowest BCUT2D eigenvalue weighted by atomic mass is 10.1. The molecule has 2 nitrogen and oxygen atoms in total. The molecule has 1 aliphatic carbocycles. The molecule has 0 amide bonds. The lowest BCUT2D eigenvalue weighted by Gasteiger charge is -2.12. The molecule has 1 aromatic carbocycles. The normalized spacial score (nSPS) is 16.7. The van der Waals surface area contributed by atoms with Crippen LogP contribution < -0.4 is 0 Å². The highest BCUT2D eigenvalue weighted by Gasteiger charge is 2.16. The van der Waals surface area contributed by atoms with Crippen LogP contribution in [0.3, 0.4) is 0 Å². The van der Waals surface area contributed by atoms with Crippen molar-refractivity contribution in [3.63, 3.8) is 0 Å². The number of benzene rings is 1. The van der Waals surface area contributed by atoms with E-state index in [1.165, 1.54) is 42.1 Å². The van der Waals surface area contributed by atoms with E-state index in [0.717, 1.165) is 18.9 Å². The Kier molecular flexibility index (Phi) is 3.37. The Morgan fingerprint density at radius 1 is 1.17 bits per heavy atom. The summed E-state index contributed by atoms with van der Waals surface area (Å²) >= 11 is 0. The Morgan fingerprint density at radius 2 is 2.00 bits per heavy atom. The average molecular weight is 243 g/mol. The number of aromatic nitrogens is 1. The summed E-state index contributed by atoms with van der Waals surface area (Å²) in [5.74, 6) is 0.863. The molecule has 1 saturated carbocycles. The van der Waals surface area contributed by atoms with E-state index in [1.807, 2.05) is 0 Å². The highest BCUT2D eigenvalue weighted by Crippen LogP contribution is 2.28. The third kappa shape index (κ3) is 2.17. The fraction of sp³-hybridized carbons (Fsp3) is 0.500. The minimum Gasteiger partial charge on any atom is -0.396 e. The summed E-state index contributed by atoms with van der Waals surface area (Å²) in [7, 11) is 0. The molecule has 0 radical (unpaired) electrons. The zero-order valence-corrected chi connectivity index (χ0v) is 10.8. The van der Waals surface area contributed by atoms with Crippen LogP contribution in [0.4, 0.5) is 0 Å². The van der Waals surface area contributed by atoms with Gasteiger partial charge in [-0.15, -0.1) is 0 Å². The van der Waals surface area contributed by atoms with Crippen LogP contribution in [0.25, 0.3) is 10.9 Å². The summed E-state index contributed by atoms with van der Waals surface area (Å²) in [5.41, 5.74) is 2.59. The second-order valence-corrected chi connectivity index (χ2v) is 5.44. The number of aliphatic hydroxyl groups is 1. The first-order chi connectivity index (χ1) is 8.88. The number of nitrogens with zero attached hydrogens (tertiary/aromatic N) is 1. The number of hydrogen-bond acceptors (Lipinski definition) is 1. The van der Waals surface area contributed by atoms with Crippen molar-refractivity contribution in [2.45, 2.75) is 38.6 Å². The van der Waals surface area contributed by atoms with Crippen LogP contribution in [-0.4, -0.2) is 16.3 Å². The third-order valence-electron chi connectivity index (χ3n) is 4.21. The molecule has 96 valence electrons. The molecular formula is C16H21NO. The molecule has 0 bridgehead atoms. The van der Waals surface area contributed by atoms with Gasteiger partial charge in [0.05, 0.1) is 0 Å². The van der Waals surface area contributed by atoms with Crippen molar-refractivity contribution < 1.29 is 5.11 Å². The second kappa shape index (κ2) is 5.15. The van der Waals surface area contributed by atoms with Gasteiger partial charge in [0.1, 0.15) is 0 Å². The summed E-state index contributed by atoms with van der Waals surface area (Å²) in [4.78, 5) is 0. The van der Waals surface area contributed by atoms with E-state index < -0.39 is 0 Å². The van der Waals surface area contributed by atoms with E-state index >= 15 is 0 Å². The Labute approximate surface area is 108 Å². The van der Waals surface area contributed by atoms with Crippen LogP contribution in [0.15, 0.2) is 30.5 Å². The second-order valence-electron chi connectivity index (χ2n) is 5.44. The van der Waals surface area contributed by atoms with E-state index in [9.17, 15) is 0 Å². The standard InChI is InChI=1S/C16H21NO/c18-11-9-14-6-3-7-16-15(14)8-10-17(16)12-13-4-1-2-5-13/h3,6-8,10,13,18H,1-2,4-5,9,11-12H2. The maximum absolute atomic E-state index is 9.11. The molecule has 2 heteroatoms. The minimum absolute atomic E-state index is 0.229. The summed E-state index contributed by atoms with van der Waals surface area (Å²) in [6.45, 7) is 1.39. The molecule has 1 heterocycles. The molecule has 1 aliphatic rings. The van der Waals surface area contributed by atoms with E-state index in [-0.39, 0.29) is 6.61 Å². The van der Waals surface area contributed by atoms with Crippen molar-refractivity contribution in [2.24, 2.45) is 5.92 Å². The predicted octanol–water partition coefficient (Wildman–Crippen LogP) is 3.37. The highest BCUT2D eigenvalue weighted by atomic mass is 16.2. The first kappa shape index (κ1) is 11.8. The predicted molar refractivity (Wildman–Crippen MR) is 74.7 cm³/mol. The van der Waals surface area contributed by atoms with Crippen molar-refractivity contribution >= 4 is 10.9 Å². The number of hydrogen-bond donors (Lipinski definition) is 1. The molecule has 0 unspecified atom stereocenters. The maximum atomic E-state index is 9.11. The molecule has 1 aromatic heterocycles. The monoisotopic (exact) mass is 243 g/mol. The maximum Gasteiger partial charge on any atom is 0.0483 e. The Bertz CT molecular complexity index is 523. The molecule has 0 aliphatic heterocycles. The van der Waals surface area contributed by atoms with E-state index in [0.29, 0.717) is 0 Å². The molecule has 1 N–H and O–H groups in total. The molecule has 0 saturated heterocycles. The van der Waals surface area contributed by atoms with E-state index in [1.54, 1.807) is 0 Å². The zero-order valence-electron chi connectivity index (χ0n) is 10.8. The van der Waals surface area contributed by atoms with Crippen LogP contribution in [0, 0.1) is 5.92 Å². The van der Waals surface area contributed by atoms with E-state index in [2.05, 4.69) is 35.0 Å². The topological polar surface area (TPSA) is 25.2 Å². The summed E-state index contributed by atoms with van der Waals surface area (Å²) in [6, 6.07) is 8.64. The van der Waals surface area contributed by atoms with Crippen LogP contribution in [0.2, 0.25) is 0 Å². The van der Waals surface area contributed by atoms with Gasteiger partial charge in [-0.25, -0.2) is 0 Å². The third-order valence-corrected chi connectivity index (χ3v) is 4.21. The lowest BCUT2D eigenvalue weighted by molar-refractivity contribution is 0.300. The Hall–Kier alpha value is -1.28. The number of rotatable bonds is 4. The minimum atomic E-state index is 0.229. The van der Waals surface area contributed by atoms with Gasteiger partial charge in [0.2, 0.25) is 0 Å². The first-order valence-corrected chi connectivity index (χ1v) is 7.06. The van der Waals surface area contributed by atoms with Crippen molar-refractivity contribution in [3.8, 4) is 0 Å². The van der Waals surface area contributed by atoms with E-state index in [4.69, 9.17) is 5.11 Å². The summed E-state index contributed by atoms with van der Waals surface area (Å²) < 4.78 is 2.40. The SMILES string of the molecule is OCCc1cccc2c1ccn2CC1CCCC1. The average Bonchev–Trinajstić information content (AvgIpc) is 3.01. The molecule has 3 rings (SSSR count). The first-order valence-electron chi connectivity index (χ1n) is 7.06. The van der Waals surface area contributed by atoms with Gasteiger partial charge in [-0.05, 0) is 42.9 Å². The highest BCUT2D eigenvalue weighted by molar-refractivity contribution is 5.83. The van der Waals surface area contributed by atoms with Crippen LogP contribution in [-0.2, 0) is 13.0 Å². The van der Waals surface area contributed by atoms with Crippen LogP contribution >= 0.6 is 0 Å². The quantitative estimate of drug-likeness (QED) is 0.875. The molecule has 0 spiro atoms. The Morgan fingerprint density at radius 3 is 2.78 bits per heavy atom. The molecule has 18 heavy (non-hydrogen) atoms. The largest absolute Gasteiger partial charge is 0.396 e. The summed E-state index contributed by atoms with van der Waals surface area (Å²) in [5, 5.41) is 10.4. The molecule has 2 aromatic rings. The fourth-order valence-electron chi connectivity index (χ4n) is 3.26. The van der Waals surface area contributed by atoms with Crippen LogP contribution in [0.5, 0.6) is 0 Å². The van der Waals surface area contributed by atoms with Gasteiger partial charge in [0.15, 0.2) is 0 Å². The van der Waals surface area contributed by atoms with Gasteiger partial charge in [-0.2, -0.15) is 0 Å². The zero-order chi connectivity index (χ0) is 12.4. The lowest BCUT2D eigenvalue weighted by Crippen LogP contribution is -2.06. The van der Waals surface area contributed by atoms with Crippen molar-refractivity contribution in [3.05, 3.63) is 36.0 Å². The van der Waals surface area contributed by atoms with Crippen molar-refractivity contribution in [1.82, 2.24) is 4.57 Å². The van der Waals surface area contributed by atoms with Gasteiger partial charge >= 0.3 is 0 Å². The van der Waals surface area contributed by atoms with Gasteiger partial charge in [0, 0.05) is 30.3 Å². The van der Waals surface area contributed by atoms with Gasteiger partial charge in [-0.3, -0.25) is 0 Å². The molecule has 1 fully saturated rings. The number of fused-ring (bicyclic) bond motifs is 1. The van der Waals surface area contributed by atoms with Gasteiger partial charge < -0.3 is 9.67 Å².